The third-order valence-corrected chi connectivity index (χ3v) is 5.74. The highest BCUT2D eigenvalue weighted by molar-refractivity contribution is 8.08. The van der Waals surface area contributed by atoms with Crippen LogP contribution in [-0.2, 0) is 19.9 Å². The molecule has 0 aliphatic heterocycles. The zero-order chi connectivity index (χ0) is 14.0. The quantitative estimate of drug-likeness (QED) is 0.840. The van der Waals surface area contributed by atoms with Gasteiger partial charge < -0.3 is 0 Å². The average molecular weight is 312 g/mol. The topological polar surface area (TPSA) is 80.3 Å². The highest BCUT2D eigenvalue weighted by Crippen LogP contribution is 2.27. The molecule has 1 N–H and O–H groups in total. The predicted octanol–water partition coefficient (Wildman–Crippen LogP) is 1.73. The lowest BCUT2D eigenvalue weighted by Crippen LogP contribution is -2.22. The third kappa shape index (κ3) is 4.83. The summed E-state index contributed by atoms with van der Waals surface area (Å²) < 4.78 is 47.6. The zero-order valence-corrected chi connectivity index (χ0v) is 12.3. The monoisotopic (exact) mass is 311 g/mol. The molecule has 18 heavy (non-hydrogen) atoms. The van der Waals surface area contributed by atoms with E-state index in [1.54, 1.807) is 25.1 Å². The number of benzene rings is 1. The predicted molar refractivity (Wildman–Crippen MR) is 73.0 cm³/mol. The van der Waals surface area contributed by atoms with E-state index in [0.29, 0.717) is 11.3 Å². The molecule has 0 aliphatic carbocycles. The molecule has 0 saturated heterocycles. The lowest BCUT2D eigenvalue weighted by atomic mass is 10.1. The Kier molecular flexibility index (Phi) is 4.63. The van der Waals surface area contributed by atoms with E-state index < -0.39 is 24.9 Å². The molecule has 1 atom stereocenters. The summed E-state index contributed by atoms with van der Waals surface area (Å²) in [6.07, 6.45) is 0.863. The number of hydrogen-bond donors (Lipinski definition) is 1. The molecule has 0 spiro atoms. The number of hydrogen-bond acceptors (Lipinski definition) is 4. The van der Waals surface area contributed by atoms with Crippen molar-refractivity contribution in [3.8, 4) is 0 Å². The Labute approximate surface area is 112 Å². The van der Waals surface area contributed by atoms with Gasteiger partial charge in [0.05, 0.1) is 11.1 Å². The van der Waals surface area contributed by atoms with Gasteiger partial charge in [0.1, 0.15) is 0 Å². The first-order valence-electron chi connectivity index (χ1n) is 5.02. The molecule has 5 nitrogen and oxygen atoms in total. The Morgan fingerprint density at radius 1 is 1.22 bits per heavy atom. The van der Waals surface area contributed by atoms with Crippen molar-refractivity contribution < 1.29 is 16.8 Å². The van der Waals surface area contributed by atoms with Crippen LogP contribution >= 0.6 is 11.6 Å². The molecule has 0 saturated carbocycles. The van der Waals surface area contributed by atoms with Gasteiger partial charge in [0.2, 0.25) is 10.0 Å². The highest BCUT2D eigenvalue weighted by atomic mass is 35.5. The second kappa shape index (κ2) is 5.46. The fourth-order valence-corrected chi connectivity index (χ4v) is 4.62. The van der Waals surface area contributed by atoms with E-state index in [4.69, 9.17) is 11.6 Å². The number of rotatable bonds is 5. The van der Waals surface area contributed by atoms with Gasteiger partial charge in [0, 0.05) is 6.26 Å². The molecule has 0 aliphatic rings. The molecule has 0 aromatic heterocycles. The summed E-state index contributed by atoms with van der Waals surface area (Å²) in [5, 5.41) is -1.34. The van der Waals surface area contributed by atoms with E-state index in [2.05, 4.69) is 4.72 Å². The van der Waals surface area contributed by atoms with E-state index >= 15 is 0 Å². The maximum absolute atomic E-state index is 11.7. The number of alkyl halides is 1. The number of para-hydroxylation sites is 1. The summed E-state index contributed by atoms with van der Waals surface area (Å²) in [5.74, 6) is 0. The maximum atomic E-state index is 11.7. The second-order valence-corrected chi connectivity index (χ2v) is 8.85. The fraction of sp³-hybridized carbons (Fsp3) is 0.400. The number of sulfone groups is 1. The fourth-order valence-electron chi connectivity index (χ4n) is 1.42. The van der Waals surface area contributed by atoms with E-state index in [-0.39, 0.29) is 5.38 Å². The first kappa shape index (κ1) is 15.3. The van der Waals surface area contributed by atoms with Crippen molar-refractivity contribution in [1.82, 2.24) is 0 Å². The van der Waals surface area contributed by atoms with Crippen molar-refractivity contribution in [2.45, 2.75) is 12.3 Å². The Morgan fingerprint density at radius 3 is 2.28 bits per heavy atom. The largest absolute Gasteiger partial charge is 0.282 e. The van der Waals surface area contributed by atoms with Crippen LogP contribution in [0.4, 0.5) is 5.69 Å². The van der Waals surface area contributed by atoms with Crippen LogP contribution in [0.2, 0.25) is 0 Å². The van der Waals surface area contributed by atoms with Crippen LogP contribution in [0, 0.1) is 0 Å². The summed E-state index contributed by atoms with van der Waals surface area (Å²) in [6.45, 7) is 1.70. The molecule has 0 heterocycles. The van der Waals surface area contributed by atoms with Gasteiger partial charge >= 0.3 is 0 Å². The molecule has 0 fully saturated rings. The average Bonchev–Trinajstić information content (AvgIpc) is 2.13. The molecule has 1 aromatic rings. The minimum atomic E-state index is -3.94. The van der Waals surface area contributed by atoms with Crippen LogP contribution in [-0.4, -0.2) is 28.2 Å². The highest BCUT2D eigenvalue weighted by Gasteiger charge is 2.20. The van der Waals surface area contributed by atoms with Crippen molar-refractivity contribution in [2.75, 3.05) is 16.1 Å². The summed E-state index contributed by atoms with van der Waals surface area (Å²) in [6, 6.07) is 6.58. The molecule has 1 unspecified atom stereocenters. The molecule has 0 bridgehead atoms. The van der Waals surface area contributed by atoms with Gasteiger partial charge in [-0.3, -0.25) is 4.72 Å². The molecule has 1 rings (SSSR count). The van der Waals surface area contributed by atoms with Gasteiger partial charge in [-0.2, -0.15) is 0 Å². The van der Waals surface area contributed by atoms with Crippen molar-refractivity contribution in [2.24, 2.45) is 0 Å². The summed E-state index contributed by atoms with van der Waals surface area (Å²) >= 11 is 5.92. The second-order valence-electron chi connectivity index (χ2n) is 3.96. The van der Waals surface area contributed by atoms with Crippen LogP contribution in [0.25, 0.3) is 0 Å². The minimum Gasteiger partial charge on any atom is -0.282 e. The molecule has 102 valence electrons. The van der Waals surface area contributed by atoms with Crippen molar-refractivity contribution in [1.29, 1.82) is 0 Å². The maximum Gasteiger partial charge on any atom is 0.247 e. The van der Waals surface area contributed by atoms with Crippen LogP contribution < -0.4 is 4.72 Å². The Morgan fingerprint density at radius 2 is 1.78 bits per heavy atom. The molecule has 8 heteroatoms. The summed E-state index contributed by atoms with van der Waals surface area (Å²) in [5.41, 5.74) is 0.889. The Bertz CT molecular complexity index is 623. The van der Waals surface area contributed by atoms with Gasteiger partial charge in [-0.1, -0.05) is 18.2 Å². The molecule has 0 radical (unpaired) electrons. The molecule has 0 amide bonds. The smallest absolute Gasteiger partial charge is 0.247 e. The standard InChI is InChI=1S/C10H14ClNO4S2/c1-8(11)9-5-3-4-6-10(9)12-18(15,16)7-17(2,13)14/h3-6,8,12H,7H2,1-2H3. The molecular weight excluding hydrogens is 298 g/mol. The zero-order valence-electron chi connectivity index (χ0n) is 9.92. The summed E-state index contributed by atoms with van der Waals surface area (Å²) in [7, 11) is -7.56. The number of nitrogens with one attached hydrogen (secondary N) is 1. The molecule has 1 aromatic carbocycles. The van der Waals surface area contributed by atoms with Crippen LogP contribution in [0.5, 0.6) is 0 Å². The van der Waals surface area contributed by atoms with Gasteiger partial charge in [-0.05, 0) is 18.6 Å². The number of halogens is 1. The Hall–Kier alpha value is -0.790. The lowest BCUT2D eigenvalue weighted by molar-refractivity contribution is 0.595. The Balaban J connectivity index is 3.05. The third-order valence-electron chi connectivity index (χ3n) is 2.02. The first-order chi connectivity index (χ1) is 8.11. The van der Waals surface area contributed by atoms with Crippen molar-refractivity contribution in [3.63, 3.8) is 0 Å². The SMILES string of the molecule is CC(Cl)c1ccccc1NS(=O)(=O)CS(C)(=O)=O. The number of sulfonamides is 1. The first-order valence-corrected chi connectivity index (χ1v) is 9.17. The van der Waals surface area contributed by atoms with Crippen LogP contribution in [0.15, 0.2) is 24.3 Å². The van der Waals surface area contributed by atoms with E-state index in [1.165, 1.54) is 6.07 Å². The van der Waals surface area contributed by atoms with Crippen LogP contribution in [0.3, 0.4) is 0 Å². The van der Waals surface area contributed by atoms with E-state index in [1.807, 2.05) is 0 Å². The van der Waals surface area contributed by atoms with Crippen molar-refractivity contribution >= 4 is 37.1 Å². The lowest BCUT2D eigenvalue weighted by Gasteiger charge is -2.13. The molecular formula is C10H14ClNO4S2. The van der Waals surface area contributed by atoms with Gasteiger partial charge in [0.25, 0.3) is 0 Å². The minimum absolute atomic E-state index is 0.295. The van der Waals surface area contributed by atoms with Gasteiger partial charge in [-0.15, -0.1) is 11.6 Å². The van der Waals surface area contributed by atoms with Gasteiger partial charge in [-0.25, -0.2) is 16.8 Å². The number of anilines is 1. The van der Waals surface area contributed by atoms with Gasteiger partial charge in [0.15, 0.2) is 14.9 Å². The van der Waals surface area contributed by atoms with Crippen LogP contribution in [0.1, 0.15) is 17.9 Å². The van der Waals surface area contributed by atoms with E-state index in [0.717, 1.165) is 6.26 Å². The van der Waals surface area contributed by atoms with Crippen molar-refractivity contribution in [3.05, 3.63) is 29.8 Å². The van der Waals surface area contributed by atoms with E-state index in [9.17, 15) is 16.8 Å². The normalized spacial score (nSPS) is 14.2. The summed E-state index contributed by atoms with van der Waals surface area (Å²) in [4.78, 5) is 0.